The van der Waals surface area contributed by atoms with Crippen LogP contribution in [0, 0.1) is 11.3 Å². The Morgan fingerprint density at radius 3 is 2.56 bits per heavy atom. The summed E-state index contributed by atoms with van der Waals surface area (Å²) in [6.07, 6.45) is 1.24. The number of aliphatic carboxylic acids is 1. The van der Waals surface area contributed by atoms with Gasteiger partial charge in [0.15, 0.2) is 0 Å². The molecule has 5 nitrogen and oxygen atoms in total. The van der Waals surface area contributed by atoms with Crippen LogP contribution in [0.3, 0.4) is 0 Å². The van der Waals surface area contributed by atoms with E-state index in [0.29, 0.717) is 18.8 Å². The molecular weight excluding hydrogens is 234 g/mol. The first-order chi connectivity index (χ1) is 8.26. The van der Waals surface area contributed by atoms with Crippen LogP contribution in [0.2, 0.25) is 0 Å². The van der Waals surface area contributed by atoms with Gasteiger partial charge in [0.2, 0.25) is 11.8 Å². The molecule has 0 aromatic carbocycles. The lowest BCUT2D eigenvalue weighted by Gasteiger charge is -2.23. The second-order valence-electron chi connectivity index (χ2n) is 5.68. The van der Waals surface area contributed by atoms with Crippen LogP contribution in [0.15, 0.2) is 0 Å². The van der Waals surface area contributed by atoms with E-state index in [0.717, 1.165) is 0 Å². The SMILES string of the molecule is CC(C)C[C@@]1(C)CC(=O)N(CCCC(=O)O)C1=O. The number of nitrogens with zero attached hydrogens (tertiary/aromatic N) is 1. The van der Waals surface area contributed by atoms with E-state index in [4.69, 9.17) is 5.11 Å². The average molecular weight is 255 g/mol. The summed E-state index contributed by atoms with van der Waals surface area (Å²) in [7, 11) is 0. The van der Waals surface area contributed by atoms with Gasteiger partial charge in [-0.2, -0.15) is 0 Å². The van der Waals surface area contributed by atoms with Gasteiger partial charge in [-0.15, -0.1) is 0 Å². The number of hydrogen-bond donors (Lipinski definition) is 1. The number of hydrogen-bond acceptors (Lipinski definition) is 3. The third-order valence-electron chi connectivity index (χ3n) is 3.24. The molecule has 0 radical (unpaired) electrons. The number of carbonyl (C=O) groups excluding carboxylic acids is 2. The fourth-order valence-electron chi connectivity index (χ4n) is 2.62. The van der Waals surface area contributed by atoms with Gasteiger partial charge in [-0.1, -0.05) is 20.8 Å². The van der Waals surface area contributed by atoms with Gasteiger partial charge in [-0.05, 0) is 18.8 Å². The predicted molar refractivity (Wildman–Crippen MR) is 65.8 cm³/mol. The minimum absolute atomic E-state index is 0.0159. The summed E-state index contributed by atoms with van der Waals surface area (Å²) in [6, 6.07) is 0. The van der Waals surface area contributed by atoms with Gasteiger partial charge >= 0.3 is 5.97 Å². The maximum atomic E-state index is 12.2. The molecule has 102 valence electrons. The minimum Gasteiger partial charge on any atom is -0.481 e. The minimum atomic E-state index is -0.904. The maximum absolute atomic E-state index is 12.2. The summed E-state index contributed by atoms with van der Waals surface area (Å²) < 4.78 is 0. The number of amides is 2. The van der Waals surface area contributed by atoms with Gasteiger partial charge in [0.25, 0.3) is 0 Å². The standard InChI is InChI=1S/C13H21NO4/c1-9(2)7-13(3)8-10(15)14(12(13)18)6-4-5-11(16)17/h9H,4-8H2,1-3H3,(H,16,17)/t13-/m0/s1. The lowest BCUT2D eigenvalue weighted by molar-refractivity contribution is -0.143. The van der Waals surface area contributed by atoms with Crippen molar-refractivity contribution in [1.29, 1.82) is 0 Å². The quantitative estimate of drug-likeness (QED) is 0.732. The van der Waals surface area contributed by atoms with E-state index < -0.39 is 11.4 Å². The maximum Gasteiger partial charge on any atom is 0.303 e. The highest BCUT2D eigenvalue weighted by atomic mass is 16.4. The number of imide groups is 1. The van der Waals surface area contributed by atoms with Crippen LogP contribution in [-0.2, 0) is 14.4 Å². The summed E-state index contributed by atoms with van der Waals surface area (Å²) >= 11 is 0. The van der Waals surface area contributed by atoms with Crippen molar-refractivity contribution in [3.8, 4) is 0 Å². The van der Waals surface area contributed by atoms with E-state index in [2.05, 4.69) is 0 Å². The molecule has 1 rings (SSSR count). The first kappa shape index (κ1) is 14.7. The van der Waals surface area contributed by atoms with Crippen LogP contribution in [-0.4, -0.2) is 34.3 Å². The Labute approximate surface area is 107 Å². The van der Waals surface area contributed by atoms with Crippen molar-refractivity contribution in [3.63, 3.8) is 0 Å². The van der Waals surface area contributed by atoms with Crippen molar-refractivity contribution in [2.24, 2.45) is 11.3 Å². The number of carbonyl (C=O) groups is 3. The monoisotopic (exact) mass is 255 g/mol. The molecule has 0 aliphatic carbocycles. The zero-order valence-corrected chi connectivity index (χ0v) is 11.2. The van der Waals surface area contributed by atoms with Crippen LogP contribution < -0.4 is 0 Å². The Morgan fingerprint density at radius 1 is 1.44 bits per heavy atom. The zero-order chi connectivity index (χ0) is 13.9. The van der Waals surface area contributed by atoms with Crippen molar-refractivity contribution in [2.45, 2.75) is 46.5 Å². The Hall–Kier alpha value is -1.39. The normalized spacial score (nSPS) is 24.1. The van der Waals surface area contributed by atoms with Crippen molar-refractivity contribution < 1.29 is 19.5 Å². The van der Waals surface area contributed by atoms with E-state index in [1.807, 2.05) is 20.8 Å². The smallest absolute Gasteiger partial charge is 0.303 e. The Kier molecular flexibility index (Phi) is 4.48. The van der Waals surface area contributed by atoms with E-state index in [-0.39, 0.29) is 31.2 Å². The Balaban J connectivity index is 2.63. The average Bonchev–Trinajstić information content (AvgIpc) is 2.39. The fourth-order valence-corrected chi connectivity index (χ4v) is 2.62. The molecule has 1 saturated heterocycles. The molecule has 2 amide bonds. The second-order valence-corrected chi connectivity index (χ2v) is 5.68. The van der Waals surface area contributed by atoms with Crippen LogP contribution in [0.4, 0.5) is 0 Å². The molecule has 0 spiro atoms. The van der Waals surface area contributed by atoms with Gasteiger partial charge in [0.1, 0.15) is 0 Å². The van der Waals surface area contributed by atoms with Crippen LogP contribution in [0.25, 0.3) is 0 Å². The van der Waals surface area contributed by atoms with Crippen LogP contribution >= 0.6 is 0 Å². The molecule has 5 heteroatoms. The largest absolute Gasteiger partial charge is 0.481 e. The van der Waals surface area contributed by atoms with Gasteiger partial charge in [0, 0.05) is 19.4 Å². The van der Waals surface area contributed by atoms with Crippen molar-refractivity contribution in [1.82, 2.24) is 4.90 Å². The van der Waals surface area contributed by atoms with E-state index in [1.54, 1.807) is 0 Å². The summed E-state index contributed by atoms with van der Waals surface area (Å²) in [5, 5.41) is 8.55. The number of rotatable bonds is 6. The molecule has 0 saturated carbocycles. The van der Waals surface area contributed by atoms with Gasteiger partial charge in [0.05, 0.1) is 5.41 Å². The van der Waals surface area contributed by atoms with E-state index >= 15 is 0 Å². The van der Waals surface area contributed by atoms with Crippen LogP contribution in [0.1, 0.15) is 46.5 Å². The number of likely N-dealkylation sites (tertiary alicyclic amines) is 1. The molecule has 1 N–H and O–H groups in total. The summed E-state index contributed by atoms with van der Waals surface area (Å²) in [5.41, 5.74) is -0.603. The van der Waals surface area contributed by atoms with Crippen LogP contribution in [0.5, 0.6) is 0 Å². The number of carboxylic acid groups (broad SMARTS) is 1. The molecule has 1 heterocycles. The molecule has 0 aromatic rings. The van der Waals surface area contributed by atoms with Crippen molar-refractivity contribution in [3.05, 3.63) is 0 Å². The molecule has 0 bridgehead atoms. The fraction of sp³-hybridized carbons (Fsp3) is 0.769. The third kappa shape index (κ3) is 3.31. The first-order valence-corrected chi connectivity index (χ1v) is 6.33. The molecule has 18 heavy (non-hydrogen) atoms. The van der Waals surface area contributed by atoms with Gasteiger partial charge in [-0.3, -0.25) is 19.3 Å². The third-order valence-corrected chi connectivity index (χ3v) is 3.24. The Bertz CT molecular complexity index is 364. The highest BCUT2D eigenvalue weighted by molar-refractivity contribution is 6.05. The zero-order valence-electron chi connectivity index (χ0n) is 11.2. The molecule has 1 aliphatic heterocycles. The van der Waals surface area contributed by atoms with E-state index in [1.165, 1.54) is 4.90 Å². The molecular formula is C13H21NO4. The molecule has 1 atom stereocenters. The summed E-state index contributed by atoms with van der Waals surface area (Å²) in [6.45, 7) is 6.09. The first-order valence-electron chi connectivity index (χ1n) is 6.33. The Morgan fingerprint density at radius 2 is 2.06 bits per heavy atom. The second kappa shape index (κ2) is 5.50. The molecule has 0 unspecified atom stereocenters. The van der Waals surface area contributed by atoms with Gasteiger partial charge < -0.3 is 5.11 Å². The molecule has 0 aromatic heterocycles. The highest BCUT2D eigenvalue weighted by Crippen LogP contribution is 2.38. The lowest BCUT2D eigenvalue weighted by atomic mass is 9.80. The summed E-state index contributed by atoms with van der Waals surface area (Å²) in [5.74, 6) is -0.870. The van der Waals surface area contributed by atoms with Gasteiger partial charge in [-0.25, -0.2) is 0 Å². The lowest BCUT2D eigenvalue weighted by Crippen LogP contribution is -2.35. The molecule has 1 aliphatic rings. The highest BCUT2D eigenvalue weighted by Gasteiger charge is 2.47. The predicted octanol–water partition coefficient (Wildman–Crippen LogP) is 1.66. The topological polar surface area (TPSA) is 74.7 Å². The summed E-state index contributed by atoms with van der Waals surface area (Å²) in [4.78, 5) is 35.7. The van der Waals surface area contributed by atoms with Crippen molar-refractivity contribution >= 4 is 17.8 Å². The van der Waals surface area contributed by atoms with E-state index in [9.17, 15) is 14.4 Å². The molecule has 1 fully saturated rings. The number of carboxylic acids is 1. The van der Waals surface area contributed by atoms with Crippen molar-refractivity contribution in [2.75, 3.05) is 6.54 Å².